The molecule has 0 aliphatic rings. The van der Waals surface area contributed by atoms with Crippen LogP contribution in [0.5, 0.6) is 5.88 Å². The Morgan fingerprint density at radius 1 is 1.32 bits per heavy atom. The van der Waals surface area contributed by atoms with E-state index in [1.165, 1.54) is 16.2 Å². The predicted molar refractivity (Wildman–Crippen MR) is 59.0 cm³/mol. The first-order valence-corrected chi connectivity index (χ1v) is 5.65. The van der Waals surface area contributed by atoms with Crippen molar-refractivity contribution >= 4 is 9.24 Å². The summed E-state index contributed by atoms with van der Waals surface area (Å²) in [5.74, 6) is -7.53. The molecule has 0 aliphatic heterocycles. The maximum absolute atomic E-state index is 12.9. The van der Waals surface area contributed by atoms with Crippen LogP contribution in [0.2, 0.25) is 0 Å². The number of pyridine rings is 1. The number of ether oxygens (including phenoxy) is 1. The maximum atomic E-state index is 12.9. The van der Waals surface area contributed by atoms with Gasteiger partial charge >= 0.3 is 12.1 Å². The fourth-order valence-electron chi connectivity index (χ4n) is 1.12. The van der Waals surface area contributed by atoms with Gasteiger partial charge in [0.1, 0.15) is 5.56 Å². The molecule has 2 unspecified atom stereocenters. The van der Waals surface area contributed by atoms with E-state index in [0.29, 0.717) is 6.07 Å². The van der Waals surface area contributed by atoms with Gasteiger partial charge in [-0.05, 0) is 18.6 Å². The molecule has 19 heavy (non-hydrogen) atoms. The SMILES string of the molecule is Cc1cnc(OCC(F)(F)C(F)P)c(C(F)(F)F)c1. The van der Waals surface area contributed by atoms with E-state index in [1.807, 2.05) is 0 Å². The average Bonchev–Trinajstić information content (AvgIpc) is 2.26. The van der Waals surface area contributed by atoms with Crippen molar-refractivity contribution < 1.29 is 31.1 Å². The van der Waals surface area contributed by atoms with Gasteiger partial charge in [-0.2, -0.15) is 22.0 Å². The van der Waals surface area contributed by atoms with Gasteiger partial charge in [-0.25, -0.2) is 9.37 Å². The number of nitrogens with zero attached hydrogens (tertiary/aromatic N) is 1. The Bertz CT molecular complexity index is 448. The predicted octanol–water partition coefficient (Wildman–Crippen LogP) is 3.59. The number of hydrogen-bond acceptors (Lipinski definition) is 2. The van der Waals surface area contributed by atoms with E-state index in [2.05, 4.69) is 9.72 Å². The third-order valence-electron chi connectivity index (χ3n) is 2.10. The topological polar surface area (TPSA) is 22.1 Å². The van der Waals surface area contributed by atoms with Gasteiger partial charge in [0.05, 0.1) is 0 Å². The molecule has 0 saturated heterocycles. The molecule has 0 aliphatic carbocycles. The minimum atomic E-state index is -4.79. The summed E-state index contributed by atoms with van der Waals surface area (Å²) in [4.78, 5) is 3.30. The first-order valence-electron chi connectivity index (χ1n) is 4.98. The summed E-state index contributed by atoms with van der Waals surface area (Å²) < 4.78 is 80.5. The summed E-state index contributed by atoms with van der Waals surface area (Å²) in [6, 6.07) is 0.716. The zero-order valence-electron chi connectivity index (χ0n) is 9.64. The molecule has 0 aromatic carbocycles. The van der Waals surface area contributed by atoms with Crippen LogP contribution in [-0.2, 0) is 6.18 Å². The third-order valence-corrected chi connectivity index (χ3v) is 2.59. The van der Waals surface area contributed by atoms with Crippen molar-refractivity contribution in [2.45, 2.75) is 24.9 Å². The Morgan fingerprint density at radius 2 is 1.89 bits per heavy atom. The Labute approximate surface area is 107 Å². The van der Waals surface area contributed by atoms with Crippen molar-refractivity contribution in [2.24, 2.45) is 0 Å². The normalized spacial score (nSPS) is 14.3. The monoisotopic (exact) mass is 305 g/mol. The Hall–Kier alpha value is -1.04. The quantitative estimate of drug-likeness (QED) is 0.626. The van der Waals surface area contributed by atoms with Gasteiger partial charge in [-0.15, -0.1) is 0 Å². The molecule has 0 saturated carbocycles. The van der Waals surface area contributed by atoms with Crippen molar-refractivity contribution in [2.75, 3.05) is 6.61 Å². The van der Waals surface area contributed by atoms with Gasteiger partial charge in [0.25, 0.3) is 0 Å². The summed E-state index contributed by atoms with van der Waals surface area (Å²) in [6.07, 6.45) is -3.75. The highest BCUT2D eigenvalue weighted by Gasteiger charge is 2.40. The molecule has 0 bridgehead atoms. The summed E-state index contributed by atoms with van der Waals surface area (Å²) in [6.45, 7) is -0.169. The molecular formula is C10H10F6NOP. The van der Waals surface area contributed by atoms with Gasteiger partial charge in [-0.1, -0.05) is 9.24 Å². The first-order chi connectivity index (χ1) is 8.54. The van der Waals surface area contributed by atoms with Crippen molar-refractivity contribution in [3.8, 4) is 5.88 Å². The highest BCUT2D eigenvalue weighted by atomic mass is 31.0. The zero-order valence-corrected chi connectivity index (χ0v) is 10.8. The standard InChI is InChI=1S/C10H10F6NOP/c1-5-2-6(10(14,15)16)7(17-3-5)18-4-9(12,13)8(11)19/h2-3,8H,4,19H2,1H3. The Balaban J connectivity index is 2.96. The number of rotatable bonds is 4. The lowest BCUT2D eigenvalue weighted by Gasteiger charge is -2.19. The molecule has 1 rings (SSSR count). The minimum Gasteiger partial charge on any atom is -0.471 e. The van der Waals surface area contributed by atoms with Crippen molar-refractivity contribution in [3.05, 3.63) is 23.4 Å². The lowest BCUT2D eigenvalue weighted by molar-refractivity contribution is -0.140. The first kappa shape index (κ1) is 16.0. The molecule has 0 N–H and O–H groups in total. The third kappa shape index (κ3) is 4.23. The molecule has 1 aromatic rings. The minimum absolute atomic E-state index is 0.195. The van der Waals surface area contributed by atoms with Crippen LogP contribution in [0, 0.1) is 6.92 Å². The molecular weight excluding hydrogens is 295 g/mol. The molecule has 108 valence electrons. The second kappa shape index (κ2) is 5.53. The summed E-state index contributed by atoms with van der Waals surface area (Å²) >= 11 is 0. The Kier molecular flexibility index (Phi) is 4.66. The van der Waals surface area contributed by atoms with Crippen LogP contribution in [0.25, 0.3) is 0 Å². The van der Waals surface area contributed by atoms with Crippen LogP contribution in [0.1, 0.15) is 11.1 Å². The maximum Gasteiger partial charge on any atom is 0.421 e. The summed E-state index contributed by atoms with van der Waals surface area (Å²) in [5.41, 5.74) is -1.08. The molecule has 9 heteroatoms. The van der Waals surface area contributed by atoms with Gasteiger partial charge in [0, 0.05) is 6.20 Å². The van der Waals surface area contributed by atoms with Crippen LogP contribution < -0.4 is 4.74 Å². The smallest absolute Gasteiger partial charge is 0.421 e. The van der Waals surface area contributed by atoms with Crippen LogP contribution in [-0.4, -0.2) is 23.4 Å². The number of aryl methyl sites for hydroxylation is 1. The molecule has 0 fully saturated rings. The number of halogens is 6. The molecule has 1 aromatic heterocycles. The average molecular weight is 305 g/mol. The lowest BCUT2D eigenvalue weighted by Crippen LogP contribution is -2.33. The van der Waals surface area contributed by atoms with Crippen molar-refractivity contribution in [3.63, 3.8) is 0 Å². The Morgan fingerprint density at radius 3 is 2.37 bits per heavy atom. The lowest BCUT2D eigenvalue weighted by atomic mass is 10.2. The fourth-order valence-corrected chi connectivity index (χ4v) is 1.22. The van der Waals surface area contributed by atoms with Crippen LogP contribution >= 0.6 is 9.24 Å². The summed E-state index contributed by atoms with van der Waals surface area (Å²) in [5, 5.41) is 0. The van der Waals surface area contributed by atoms with Gasteiger partial charge < -0.3 is 4.74 Å². The molecule has 2 nitrogen and oxygen atoms in total. The molecule has 0 amide bonds. The van der Waals surface area contributed by atoms with E-state index in [0.717, 1.165) is 6.20 Å². The molecule has 0 radical (unpaired) electrons. The second-order valence-electron chi connectivity index (χ2n) is 3.81. The van der Waals surface area contributed by atoms with Gasteiger partial charge in [0.15, 0.2) is 12.5 Å². The fraction of sp³-hybridized carbons (Fsp3) is 0.500. The van der Waals surface area contributed by atoms with E-state index in [1.54, 1.807) is 0 Å². The summed E-state index contributed by atoms with van der Waals surface area (Å²) in [7, 11) is 1.22. The van der Waals surface area contributed by atoms with Crippen molar-refractivity contribution in [1.82, 2.24) is 4.98 Å². The number of aromatic nitrogens is 1. The van der Waals surface area contributed by atoms with E-state index in [4.69, 9.17) is 0 Å². The molecule has 2 atom stereocenters. The van der Waals surface area contributed by atoms with Crippen LogP contribution in [0.15, 0.2) is 12.3 Å². The van der Waals surface area contributed by atoms with E-state index >= 15 is 0 Å². The number of hydrogen-bond donors (Lipinski definition) is 0. The van der Waals surface area contributed by atoms with Crippen LogP contribution in [0.4, 0.5) is 26.3 Å². The van der Waals surface area contributed by atoms with E-state index < -0.39 is 36.1 Å². The van der Waals surface area contributed by atoms with Crippen LogP contribution in [0.3, 0.4) is 0 Å². The van der Waals surface area contributed by atoms with E-state index in [9.17, 15) is 26.3 Å². The molecule has 1 heterocycles. The second-order valence-corrected chi connectivity index (χ2v) is 4.40. The molecule has 0 spiro atoms. The highest BCUT2D eigenvalue weighted by Crippen LogP contribution is 2.36. The largest absolute Gasteiger partial charge is 0.471 e. The van der Waals surface area contributed by atoms with Gasteiger partial charge in [0.2, 0.25) is 5.88 Å². The van der Waals surface area contributed by atoms with Crippen molar-refractivity contribution in [1.29, 1.82) is 0 Å². The number of alkyl halides is 6. The highest BCUT2D eigenvalue weighted by molar-refractivity contribution is 7.17. The van der Waals surface area contributed by atoms with Gasteiger partial charge in [-0.3, -0.25) is 0 Å². The van der Waals surface area contributed by atoms with E-state index in [-0.39, 0.29) is 5.56 Å². The zero-order chi connectivity index (χ0) is 14.8.